The van der Waals surface area contributed by atoms with Gasteiger partial charge in [-0.1, -0.05) is 37.8 Å². The smallest absolute Gasteiger partial charge is 0.271 e. The van der Waals surface area contributed by atoms with E-state index in [9.17, 15) is 4.79 Å². The first-order valence-corrected chi connectivity index (χ1v) is 9.10. The topological polar surface area (TPSA) is 56.2 Å². The molecule has 1 amide bonds. The number of hydrogen-bond donors (Lipinski definition) is 1. The first-order valence-electron chi connectivity index (χ1n) is 8.72. The molecule has 136 valence electrons. The Balaban J connectivity index is 1.84. The molecule has 0 atom stereocenters. The minimum Gasteiger partial charge on any atom is -0.471 e. The first-order chi connectivity index (χ1) is 12.0. The van der Waals surface area contributed by atoms with E-state index in [-0.39, 0.29) is 12.6 Å². The Labute approximate surface area is 154 Å². The van der Waals surface area contributed by atoms with Crippen LogP contribution in [0.25, 0.3) is 0 Å². The molecule has 1 N–H and O–H groups in total. The quantitative estimate of drug-likeness (QED) is 0.667. The average Bonchev–Trinajstić information content (AvgIpc) is 3.06. The van der Waals surface area contributed by atoms with E-state index in [0.717, 1.165) is 34.7 Å². The zero-order valence-corrected chi connectivity index (χ0v) is 15.9. The van der Waals surface area contributed by atoms with Crippen molar-refractivity contribution in [3.05, 3.63) is 46.2 Å². The highest BCUT2D eigenvalue weighted by atomic mass is 35.5. The van der Waals surface area contributed by atoms with Crippen molar-refractivity contribution in [3.63, 3.8) is 0 Å². The molecule has 5 nitrogen and oxygen atoms in total. The number of rotatable bonds is 9. The fourth-order valence-corrected chi connectivity index (χ4v) is 2.64. The van der Waals surface area contributed by atoms with Crippen LogP contribution in [0.2, 0.25) is 5.02 Å². The Morgan fingerprint density at radius 2 is 1.96 bits per heavy atom. The van der Waals surface area contributed by atoms with E-state index in [1.807, 2.05) is 26.0 Å². The Kier molecular flexibility index (Phi) is 7.31. The highest BCUT2D eigenvalue weighted by Crippen LogP contribution is 2.25. The van der Waals surface area contributed by atoms with Crippen LogP contribution in [0.15, 0.2) is 24.4 Å². The monoisotopic (exact) mass is 363 g/mol. The van der Waals surface area contributed by atoms with Gasteiger partial charge in [-0.2, -0.15) is 5.10 Å². The van der Waals surface area contributed by atoms with Crippen LogP contribution in [0.4, 0.5) is 0 Å². The lowest BCUT2D eigenvalue weighted by Crippen LogP contribution is -2.25. The third-order valence-corrected chi connectivity index (χ3v) is 4.56. The van der Waals surface area contributed by atoms with E-state index in [4.69, 9.17) is 16.3 Å². The predicted octanol–water partition coefficient (Wildman–Crippen LogP) is 4.50. The fourth-order valence-electron chi connectivity index (χ4n) is 2.53. The van der Waals surface area contributed by atoms with Crippen molar-refractivity contribution in [2.75, 3.05) is 6.54 Å². The van der Waals surface area contributed by atoms with Gasteiger partial charge in [0.1, 0.15) is 11.4 Å². The second-order valence-corrected chi connectivity index (χ2v) is 6.58. The van der Waals surface area contributed by atoms with Gasteiger partial charge < -0.3 is 10.1 Å². The van der Waals surface area contributed by atoms with Gasteiger partial charge in [0.15, 0.2) is 6.73 Å². The molecule has 0 unspecified atom stereocenters. The maximum atomic E-state index is 12.0. The second-order valence-electron chi connectivity index (χ2n) is 6.20. The van der Waals surface area contributed by atoms with Crippen molar-refractivity contribution in [1.82, 2.24) is 15.1 Å². The molecule has 0 saturated heterocycles. The normalized spacial score (nSPS) is 10.7. The highest BCUT2D eigenvalue weighted by molar-refractivity contribution is 6.32. The number of nitrogens with one attached hydrogen (secondary N) is 1. The van der Waals surface area contributed by atoms with Gasteiger partial charge in [0.2, 0.25) is 0 Å². The first kappa shape index (κ1) is 19.3. The van der Waals surface area contributed by atoms with Crippen molar-refractivity contribution < 1.29 is 9.53 Å². The number of carbonyl (C=O) groups excluding carboxylic acids is 1. The number of carbonyl (C=O) groups is 1. The number of aromatic nitrogens is 2. The summed E-state index contributed by atoms with van der Waals surface area (Å²) in [5.41, 5.74) is 2.35. The van der Waals surface area contributed by atoms with Crippen LogP contribution in [0.3, 0.4) is 0 Å². The number of unbranched alkanes of at least 4 members (excludes halogenated alkanes) is 3. The Bertz CT molecular complexity index is 689. The van der Waals surface area contributed by atoms with Gasteiger partial charge in [0.25, 0.3) is 5.91 Å². The summed E-state index contributed by atoms with van der Waals surface area (Å²) in [5, 5.41) is 7.91. The van der Waals surface area contributed by atoms with Crippen LogP contribution in [0, 0.1) is 13.8 Å². The van der Waals surface area contributed by atoms with E-state index in [2.05, 4.69) is 17.3 Å². The molecule has 1 aromatic heterocycles. The molecule has 0 aliphatic carbocycles. The van der Waals surface area contributed by atoms with E-state index < -0.39 is 0 Å². The Morgan fingerprint density at radius 3 is 2.64 bits per heavy atom. The third-order valence-electron chi connectivity index (χ3n) is 3.96. The van der Waals surface area contributed by atoms with Gasteiger partial charge in [0, 0.05) is 17.8 Å². The highest BCUT2D eigenvalue weighted by Gasteiger charge is 2.09. The van der Waals surface area contributed by atoms with Crippen molar-refractivity contribution in [2.24, 2.45) is 0 Å². The number of benzene rings is 1. The number of hydrogen-bond acceptors (Lipinski definition) is 3. The molecule has 0 aliphatic heterocycles. The SMILES string of the molecule is CCCCCCNC(=O)c1ccn(COc2cc(C)c(Cl)c(C)c2)n1. The molecular formula is C19H26ClN3O2. The van der Waals surface area contributed by atoms with E-state index >= 15 is 0 Å². The fraction of sp³-hybridized carbons (Fsp3) is 0.474. The van der Waals surface area contributed by atoms with Crippen LogP contribution in [-0.2, 0) is 6.73 Å². The van der Waals surface area contributed by atoms with Crippen LogP contribution in [-0.4, -0.2) is 22.2 Å². The molecule has 0 fully saturated rings. The van der Waals surface area contributed by atoms with Crippen LogP contribution in [0.5, 0.6) is 5.75 Å². The molecular weight excluding hydrogens is 338 g/mol. The second kappa shape index (κ2) is 9.47. The molecule has 0 radical (unpaired) electrons. The lowest BCUT2D eigenvalue weighted by molar-refractivity contribution is 0.0946. The zero-order valence-electron chi connectivity index (χ0n) is 15.1. The number of ether oxygens (including phenoxy) is 1. The van der Waals surface area contributed by atoms with Crippen LogP contribution in [0.1, 0.15) is 54.2 Å². The maximum absolute atomic E-state index is 12.0. The molecule has 2 aromatic rings. The van der Waals surface area contributed by atoms with E-state index in [1.165, 1.54) is 12.8 Å². The van der Waals surface area contributed by atoms with Gasteiger partial charge in [-0.3, -0.25) is 4.79 Å². The zero-order chi connectivity index (χ0) is 18.2. The Morgan fingerprint density at radius 1 is 1.24 bits per heavy atom. The van der Waals surface area contributed by atoms with E-state index in [1.54, 1.807) is 16.9 Å². The minimum atomic E-state index is -0.145. The molecule has 2 rings (SSSR count). The standard InChI is InChI=1S/C19H26ClN3O2/c1-4-5-6-7-9-21-19(24)17-8-10-23(22-17)13-25-16-11-14(2)18(20)15(3)12-16/h8,10-12H,4-7,9,13H2,1-3H3,(H,21,24). The average molecular weight is 364 g/mol. The lowest BCUT2D eigenvalue weighted by Gasteiger charge is -2.10. The number of halogens is 1. The van der Waals surface area contributed by atoms with Crippen LogP contribution < -0.4 is 10.1 Å². The van der Waals surface area contributed by atoms with Gasteiger partial charge in [0.05, 0.1) is 0 Å². The predicted molar refractivity (Wildman–Crippen MR) is 100 cm³/mol. The largest absolute Gasteiger partial charge is 0.471 e. The molecule has 1 aromatic carbocycles. The van der Waals surface area contributed by atoms with Gasteiger partial charge in [-0.05, 0) is 49.6 Å². The summed E-state index contributed by atoms with van der Waals surface area (Å²) in [6, 6.07) is 5.48. The molecule has 0 saturated carbocycles. The van der Waals surface area contributed by atoms with Gasteiger partial charge in [-0.25, -0.2) is 4.68 Å². The summed E-state index contributed by atoms with van der Waals surface area (Å²) in [6.45, 7) is 6.98. The number of aryl methyl sites for hydroxylation is 2. The molecule has 6 heteroatoms. The van der Waals surface area contributed by atoms with Gasteiger partial charge in [-0.15, -0.1) is 0 Å². The van der Waals surface area contributed by atoms with Crippen molar-refractivity contribution in [3.8, 4) is 5.75 Å². The summed E-state index contributed by atoms with van der Waals surface area (Å²) in [6.07, 6.45) is 6.26. The van der Waals surface area contributed by atoms with Crippen LogP contribution >= 0.6 is 11.6 Å². The maximum Gasteiger partial charge on any atom is 0.271 e. The molecule has 0 spiro atoms. The lowest BCUT2D eigenvalue weighted by atomic mass is 10.1. The summed E-state index contributed by atoms with van der Waals surface area (Å²) < 4.78 is 7.34. The minimum absolute atomic E-state index is 0.145. The molecule has 25 heavy (non-hydrogen) atoms. The van der Waals surface area contributed by atoms with E-state index in [0.29, 0.717) is 12.2 Å². The number of nitrogens with zero attached hydrogens (tertiary/aromatic N) is 2. The van der Waals surface area contributed by atoms with Crippen molar-refractivity contribution in [2.45, 2.75) is 53.2 Å². The molecule has 1 heterocycles. The Hall–Kier alpha value is -2.01. The number of amides is 1. The summed E-state index contributed by atoms with van der Waals surface area (Å²) in [5.74, 6) is 0.588. The summed E-state index contributed by atoms with van der Waals surface area (Å²) in [7, 11) is 0. The van der Waals surface area contributed by atoms with Gasteiger partial charge >= 0.3 is 0 Å². The summed E-state index contributed by atoms with van der Waals surface area (Å²) in [4.78, 5) is 12.0. The van der Waals surface area contributed by atoms with Crippen molar-refractivity contribution in [1.29, 1.82) is 0 Å². The van der Waals surface area contributed by atoms with Crippen molar-refractivity contribution >= 4 is 17.5 Å². The molecule has 0 aliphatic rings. The summed E-state index contributed by atoms with van der Waals surface area (Å²) >= 11 is 6.16. The third kappa shape index (κ3) is 5.78. The molecule has 0 bridgehead atoms.